The maximum Gasteiger partial charge on any atom is 0.147 e. The third kappa shape index (κ3) is 10.0. The van der Waals surface area contributed by atoms with E-state index in [0.717, 1.165) is 12.8 Å². The van der Waals surface area contributed by atoms with Gasteiger partial charge in [-0.05, 0) is 24.0 Å². The lowest BCUT2D eigenvalue weighted by atomic mass is 9.85. The monoisotopic (exact) mass is 520 g/mol. The molecular formula is C28H40O7S. The molecule has 0 radical (unpaired) electrons. The van der Waals surface area contributed by atoms with E-state index in [1.807, 2.05) is 36.4 Å². The highest BCUT2D eigenvalue weighted by Crippen LogP contribution is 2.31. The lowest BCUT2D eigenvalue weighted by molar-refractivity contribution is -0.193. The molecule has 1 fully saturated rings. The van der Waals surface area contributed by atoms with E-state index < -0.39 is 10.8 Å². The fraction of sp³-hybridized carbons (Fsp3) is 0.571. The van der Waals surface area contributed by atoms with Gasteiger partial charge in [0, 0.05) is 48.4 Å². The summed E-state index contributed by atoms with van der Waals surface area (Å²) >= 11 is 0. The lowest BCUT2D eigenvalue weighted by Crippen LogP contribution is -2.44. The van der Waals surface area contributed by atoms with Gasteiger partial charge in [-0.15, -0.1) is 0 Å². The van der Waals surface area contributed by atoms with Crippen LogP contribution in [0.3, 0.4) is 0 Å². The summed E-state index contributed by atoms with van der Waals surface area (Å²) in [6.07, 6.45) is 0.882. The Balaban J connectivity index is 1.83. The minimum Gasteiger partial charge on any atom is -0.382 e. The molecule has 0 bridgehead atoms. The van der Waals surface area contributed by atoms with Gasteiger partial charge in [0.15, 0.2) is 0 Å². The molecule has 4 atom stereocenters. The molecule has 0 N–H and O–H groups in total. The summed E-state index contributed by atoms with van der Waals surface area (Å²) in [7, 11) is 2.27. The quantitative estimate of drug-likeness (QED) is 0.248. The highest BCUT2D eigenvalue weighted by Gasteiger charge is 2.41. The Hall–Kier alpha value is -1.65. The first kappa shape index (κ1) is 28.9. The second kappa shape index (κ2) is 17.0. The van der Waals surface area contributed by atoms with Gasteiger partial charge in [0.25, 0.3) is 0 Å². The van der Waals surface area contributed by atoms with E-state index in [2.05, 4.69) is 24.3 Å². The topological polar surface area (TPSA) is 72.5 Å². The van der Waals surface area contributed by atoms with Crippen molar-refractivity contribution in [3.63, 3.8) is 0 Å². The SMILES string of the molecule is COCCOCO[C@H]1[C@@H](Cc2ccccc2)CS(=O)C[C@H](Cc2ccccc2)[C@@H]1OCOCCOC. The van der Waals surface area contributed by atoms with E-state index >= 15 is 0 Å². The summed E-state index contributed by atoms with van der Waals surface area (Å²) in [5.74, 6) is 1.11. The molecular weight excluding hydrogens is 480 g/mol. The summed E-state index contributed by atoms with van der Waals surface area (Å²) in [4.78, 5) is 0. The van der Waals surface area contributed by atoms with Gasteiger partial charge in [-0.2, -0.15) is 0 Å². The van der Waals surface area contributed by atoms with Crippen molar-refractivity contribution >= 4 is 10.8 Å². The highest BCUT2D eigenvalue weighted by atomic mass is 32.2. The minimum absolute atomic E-state index is 0.00371. The van der Waals surface area contributed by atoms with E-state index in [1.165, 1.54) is 11.1 Å². The highest BCUT2D eigenvalue weighted by molar-refractivity contribution is 7.85. The summed E-state index contributed by atoms with van der Waals surface area (Å²) in [6.45, 7) is 2.11. The zero-order valence-corrected chi connectivity index (χ0v) is 22.2. The normalized spacial score (nSPS) is 24.4. The zero-order valence-electron chi connectivity index (χ0n) is 21.4. The number of hydrogen-bond acceptors (Lipinski definition) is 7. The van der Waals surface area contributed by atoms with E-state index in [9.17, 15) is 4.21 Å². The Kier molecular flexibility index (Phi) is 13.6. The Morgan fingerprint density at radius 3 is 1.47 bits per heavy atom. The number of ether oxygens (including phenoxy) is 6. The molecule has 7 nitrogen and oxygen atoms in total. The molecule has 2 aromatic carbocycles. The summed E-state index contributed by atoms with van der Waals surface area (Å²) in [5, 5.41) is 0. The Morgan fingerprint density at radius 2 is 1.08 bits per heavy atom. The maximum absolute atomic E-state index is 13.3. The van der Waals surface area contributed by atoms with E-state index in [-0.39, 0.29) is 37.6 Å². The second-order valence-electron chi connectivity index (χ2n) is 8.97. The molecule has 36 heavy (non-hydrogen) atoms. The molecule has 200 valence electrons. The third-order valence-electron chi connectivity index (χ3n) is 6.29. The van der Waals surface area contributed by atoms with Crippen LogP contribution in [0.2, 0.25) is 0 Å². The van der Waals surface area contributed by atoms with Crippen LogP contribution in [-0.2, 0) is 52.1 Å². The molecule has 1 aliphatic heterocycles. The third-order valence-corrected chi connectivity index (χ3v) is 7.89. The number of rotatable bonds is 16. The second-order valence-corrected chi connectivity index (χ2v) is 10.5. The van der Waals surface area contributed by atoms with E-state index in [1.54, 1.807) is 14.2 Å². The first-order chi connectivity index (χ1) is 17.7. The average molecular weight is 521 g/mol. The van der Waals surface area contributed by atoms with Gasteiger partial charge in [0.05, 0.1) is 38.6 Å². The zero-order chi connectivity index (χ0) is 25.4. The van der Waals surface area contributed by atoms with Crippen LogP contribution in [0.1, 0.15) is 11.1 Å². The van der Waals surface area contributed by atoms with Crippen LogP contribution >= 0.6 is 0 Å². The molecule has 0 amide bonds. The van der Waals surface area contributed by atoms with Crippen LogP contribution in [0.25, 0.3) is 0 Å². The van der Waals surface area contributed by atoms with Crippen molar-refractivity contribution in [3.05, 3.63) is 71.8 Å². The number of hydrogen-bond donors (Lipinski definition) is 0. The first-order valence-corrected chi connectivity index (χ1v) is 14.0. The van der Waals surface area contributed by atoms with Crippen LogP contribution in [0, 0.1) is 11.8 Å². The minimum atomic E-state index is -1.01. The number of benzene rings is 2. The molecule has 2 aromatic rings. The smallest absolute Gasteiger partial charge is 0.147 e. The maximum atomic E-state index is 13.3. The van der Waals surface area contributed by atoms with Gasteiger partial charge in [0.1, 0.15) is 13.6 Å². The van der Waals surface area contributed by atoms with Crippen LogP contribution < -0.4 is 0 Å². The molecule has 8 heteroatoms. The van der Waals surface area contributed by atoms with E-state index in [4.69, 9.17) is 28.4 Å². The summed E-state index contributed by atoms with van der Waals surface area (Å²) < 4.78 is 47.6. The molecule has 0 saturated carbocycles. The molecule has 3 rings (SSSR count). The lowest BCUT2D eigenvalue weighted by Gasteiger charge is -2.35. The standard InChI is InChI=1S/C28H40O7S/c1-30-13-15-32-21-34-27-25(17-23-9-5-3-6-10-23)19-36(29)20-26(18-24-11-7-4-8-12-24)28(27)35-22-33-16-14-31-2/h3-12,25-28H,13-22H2,1-2H3/t25-,26-,27-,28-/m0/s1. The van der Waals surface area contributed by atoms with Crippen molar-refractivity contribution in [2.45, 2.75) is 25.0 Å². The fourth-order valence-electron chi connectivity index (χ4n) is 4.57. The van der Waals surface area contributed by atoms with Crippen molar-refractivity contribution in [2.75, 3.05) is 65.7 Å². The van der Waals surface area contributed by atoms with Crippen LogP contribution in [0.5, 0.6) is 0 Å². The summed E-state index contributed by atoms with van der Waals surface area (Å²) in [6, 6.07) is 20.5. The molecule has 0 spiro atoms. The van der Waals surface area contributed by atoms with Gasteiger partial charge >= 0.3 is 0 Å². The van der Waals surface area contributed by atoms with Gasteiger partial charge < -0.3 is 28.4 Å². The molecule has 1 aliphatic rings. The van der Waals surface area contributed by atoms with Crippen molar-refractivity contribution < 1.29 is 32.6 Å². The fourth-order valence-corrected chi connectivity index (χ4v) is 6.28. The van der Waals surface area contributed by atoms with Crippen LogP contribution in [0.4, 0.5) is 0 Å². The van der Waals surface area contributed by atoms with Crippen molar-refractivity contribution in [2.24, 2.45) is 11.8 Å². The van der Waals surface area contributed by atoms with Crippen LogP contribution in [-0.4, -0.2) is 82.2 Å². The average Bonchev–Trinajstić information content (AvgIpc) is 3.00. The predicted octanol–water partition coefficient (Wildman–Crippen LogP) is 3.48. The predicted molar refractivity (Wildman–Crippen MR) is 140 cm³/mol. The van der Waals surface area contributed by atoms with E-state index in [0.29, 0.717) is 37.9 Å². The Labute approximate surface area is 217 Å². The largest absolute Gasteiger partial charge is 0.382 e. The molecule has 1 heterocycles. The molecule has 0 unspecified atom stereocenters. The summed E-state index contributed by atoms with van der Waals surface area (Å²) in [5.41, 5.74) is 2.37. The van der Waals surface area contributed by atoms with Crippen LogP contribution in [0.15, 0.2) is 60.7 Å². The van der Waals surface area contributed by atoms with Gasteiger partial charge in [-0.25, -0.2) is 0 Å². The van der Waals surface area contributed by atoms with Gasteiger partial charge in [-0.1, -0.05) is 60.7 Å². The van der Waals surface area contributed by atoms with Crippen molar-refractivity contribution in [1.29, 1.82) is 0 Å². The van der Waals surface area contributed by atoms with Crippen molar-refractivity contribution in [3.8, 4) is 0 Å². The molecule has 0 aromatic heterocycles. The van der Waals surface area contributed by atoms with Gasteiger partial charge in [0.2, 0.25) is 0 Å². The molecule has 0 aliphatic carbocycles. The first-order valence-electron chi connectivity index (χ1n) is 12.5. The molecule has 1 saturated heterocycles. The number of methoxy groups -OCH3 is 2. The Bertz CT molecular complexity index is 782. The van der Waals surface area contributed by atoms with Crippen molar-refractivity contribution in [1.82, 2.24) is 0 Å². The Morgan fingerprint density at radius 1 is 0.667 bits per heavy atom. The van der Waals surface area contributed by atoms with Gasteiger partial charge in [-0.3, -0.25) is 4.21 Å².